The van der Waals surface area contributed by atoms with Crippen molar-refractivity contribution in [3.63, 3.8) is 0 Å². The van der Waals surface area contributed by atoms with Gasteiger partial charge in [0.15, 0.2) is 5.75 Å². The quantitative estimate of drug-likeness (QED) is 0.478. The first kappa shape index (κ1) is 22.3. The molecule has 0 aliphatic rings. The predicted molar refractivity (Wildman–Crippen MR) is 121 cm³/mol. The molecular formula is C21H18BrClN2O4S. The van der Waals surface area contributed by atoms with Crippen LogP contribution in [0, 0.1) is 0 Å². The van der Waals surface area contributed by atoms with E-state index in [1.807, 2.05) is 18.2 Å². The number of rotatable bonds is 7. The molecule has 0 saturated heterocycles. The van der Waals surface area contributed by atoms with E-state index in [0.29, 0.717) is 22.2 Å². The Morgan fingerprint density at radius 3 is 2.40 bits per heavy atom. The molecule has 0 heterocycles. The summed E-state index contributed by atoms with van der Waals surface area (Å²) in [5, 5.41) is 3.08. The number of para-hydroxylation sites is 1. The Labute approximate surface area is 188 Å². The van der Waals surface area contributed by atoms with Crippen LogP contribution >= 0.6 is 27.5 Å². The van der Waals surface area contributed by atoms with Gasteiger partial charge in [0.2, 0.25) is 15.9 Å². The summed E-state index contributed by atoms with van der Waals surface area (Å²) in [4.78, 5) is 12.6. The molecule has 3 aromatic rings. The monoisotopic (exact) mass is 508 g/mol. The van der Waals surface area contributed by atoms with Gasteiger partial charge < -0.3 is 10.1 Å². The van der Waals surface area contributed by atoms with Crippen molar-refractivity contribution in [2.75, 3.05) is 18.9 Å². The number of hydrogen-bond acceptors (Lipinski definition) is 4. The van der Waals surface area contributed by atoms with Crippen LogP contribution in [0.25, 0.3) is 0 Å². The van der Waals surface area contributed by atoms with Gasteiger partial charge in [0.1, 0.15) is 5.75 Å². The molecule has 0 radical (unpaired) electrons. The third kappa shape index (κ3) is 5.60. The summed E-state index contributed by atoms with van der Waals surface area (Å²) in [6.07, 6.45) is 0. The molecule has 9 heteroatoms. The van der Waals surface area contributed by atoms with Gasteiger partial charge in [-0.15, -0.1) is 0 Å². The fourth-order valence-electron chi connectivity index (χ4n) is 2.57. The Bertz CT molecular complexity index is 1140. The molecule has 0 aliphatic heterocycles. The van der Waals surface area contributed by atoms with Crippen LogP contribution < -0.4 is 10.1 Å². The standard InChI is InChI=1S/C21H18BrClN2O4S/c1-25(30(27,28)18-10-7-15(22)8-11-18)14-21(26)24-19-13-16(23)9-12-20(19)29-17-5-3-2-4-6-17/h2-13H,14H2,1H3,(H,24,26). The van der Waals surface area contributed by atoms with E-state index in [2.05, 4.69) is 21.2 Å². The van der Waals surface area contributed by atoms with Gasteiger partial charge in [-0.1, -0.05) is 45.7 Å². The topological polar surface area (TPSA) is 75.7 Å². The lowest BCUT2D eigenvalue weighted by molar-refractivity contribution is -0.116. The van der Waals surface area contributed by atoms with Crippen molar-refractivity contribution < 1.29 is 17.9 Å². The molecule has 0 fully saturated rings. The normalized spacial score (nSPS) is 11.3. The summed E-state index contributed by atoms with van der Waals surface area (Å²) in [6.45, 7) is -0.379. The minimum absolute atomic E-state index is 0.0943. The van der Waals surface area contributed by atoms with Gasteiger partial charge in [0, 0.05) is 16.5 Å². The molecule has 0 spiro atoms. The highest BCUT2D eigenvalue weighted by Gasteiger charge is 2.23. The first-order valence-corrected chi connectivity index (χ1v) is 11.4. The van der Waals surface area contributed by atoms with Crippen molar-refractivity contribution >= 4 is 49.1 Å². The number of nitrogens with zero attached hydrogens (tertiary/aromatic N) is 1. The van der Waals surface area contributed by atoms with E-state index in [9.17, 15) is 13.2 Å². The summed E-state index contributed by atoms with van der Waals surface area (Å²) in [6, 6.07) is 20.1. The second-order valence-corrected chi connectivity index (χ2v) is 9.72. The minimum Gasteiger partial charge on any atom is -0.455 e. The van der Waals surface area contributed by atoms with Gasteiger partial charge in [-0.2, -0.15) is 4.31 Å². The second-order valence-electron chi connectivity index (χ2n) is 6.32. The number of benzene rings is 3. The summed E-state index contributed by atoms with van der Waals surface area (Å²) < 4.78 is 32.9. The lowest BCUT2D eigenvalue weighted by Gasteiger charge is -2.18. The zero-order valence-electron chi connectivity index (χ0n) is 15.9. The maximum Gasteiger partial charge on any atom is 0.243 e. The van der Waals surface area contributed by atoms with Crippen molar-refractivity contribution in [2.45, 2.75) is 4.90 Å². The molecule has 1 amide bonds. The molecule has 0 atom stereocenters. The SMILES string of the molecule is CN(CC(=O)Nc1cc(Cl)ccc1Oc1ccccc1)S(=O)(=O)c1ccc(Br)cc1. The maximum atomic E-state index is 12.7. The summed E-state index contributed by atoms with van der Waals surface area (Å²) >= 11 is 9.32. The average molecular weight is 510 g/mol. The first-order valence-electron chi connectivity index (χ1n) is 8.80. The number of nitrogens with one attached hydrogen (secondary N) is 1. The molecule has 0 unspecified atom stereocenters. The summed E-state index contributed by atoms with van der Waals surface area (Å²) in [7, 11) is -2.47. The third-order valence-corrected chi connectivity index (χ3v) is 6.66. The van der Waals surface area contributed by atoms with Crippen molar-refractivity contribution in [1.29, 1.82) is 0 Å². The molecule has 3 aromatic carbocycles. The number of amides is 1. The fraction of sp³-hybridized carbons (Fsp3) is 0.0952. The van der Waals surface area contributed by atoms with Crippen molar-refractivity contribution in [2.24, 2.45) is 0 Å². The number of anilines is 1. The molecule has 6 nitrogen and oxygen atoms in total. The van der Waals surface area contributed by atoms with Gasteiger partial charge in [-0.3, -0.25) is 4.79 Å². The maximum absolute atomic E-state index is 12.7. The second kappa shape index (κ2) is 9.61. The zero-order valence-corrected chi connectivity index (χ0v) is 19.0. The van der Waals surface area contributed by atoms with Crippen LogP contribution in [-0.4, -0.2) is 32.2 Å². The number of carbonyl (C=O) groups is 1. The number of halogens is 2. The van der Waals surface area contributed by atoms with E-state index in [1.54, 1.807) is 42.5 Å². The van der Waals surface area contributed by atoms with Gasteiger partial charge in [-0.05, 0) is 54.6 Å². The number of ether oxygens (including phenoxy) is 1. The predicted octanol–water partition coefficient (Wildman–Crippen LogP) is 5.15. The highest BCUT2D eigenvalue weighted by Crippen LogP contribution is 2.32. The van der Waals surface area contributed by atoms with Crippen LogP contribution in [-0.2, 0) is 14.8 Å². The molecule has 0 bridgehead atoms. The largest absolute Gasteiger partial charge is 0.455 e. The number of hydrogen-bond donors (Lipinski definition) is 1. The lowest BCUT2D eigenvalue weighted by atomic mass is 10.2. The fourth-order valence-corrected chi connectivity index (χ4v) is 4.13. The van der Waals surface area contributed by atoms with Crippen LogP contribution in [0.5, 0.6) is 11.5 Å². The zero-order chi connectivity index (χ0) is 21.7. The van der Waals surface area contributed by atoms with Crippen LogP contribution in [0.4, 0.5) is 5.69 Å². The van der Waals surface area contributed by atoms with Gasteiger partial charge in [-0.25, -0.2) is 8.42 Å². The summed E-state index contributed by atoms with van der Waals surface area (Å²) in [5.41, 5.74) is 0.339. The number of likely N-dealkylation sites (N-methyl/N-ethyl adjacent to an activating group) is 1. The van der Waals surface area contributed by atoms with Crippen LogP contribution in [0.2, 0.25) is 5.02 Å². The highest BCUT2D eigenvalue weighted by atomic mass is 79.9. The molecule has 0 saturated carbocycles. The molecule has 30 heavy (non-hydrogen) atoms. The Hall–Kier alpha value is -2.39. The Morgan fingerprint density at radius 2 is 1.73 bits per heavy atom. The molecule has 156 valence electrons. The molecule has 3 rings (SSSR count). The Balaban J connectivity index is 1.74. The molecule has 0 aliphatic carbocycles. The highest BCUT2D eigenvalue weighted by molar-refractivity contribution is 9.10. The molecular weight excluding hydrogens is 492 g/mol. The van der Waals surface area contributed by atoms with E-state index < -0.39 is 15.9 Å². The van der Waals surface area contributed by atoms with E-state index in [0.717, 1.165) is 8.78 Å². The minimum atomic E-state index is -3.82. The van der Waals surface area contributed by atoms with Gasteiger partial charge >= 0.3 is 0 Å². The van der Waals surface area contributed by atoms with E-state index in [4.69, 9.17) is 16.3 Å². The van der Waals surface area contributed by atoms with E-state index >= 15 is 0 Å². The number of carbonyl (C=O) groups excluding carboxylic acids is 1. The smallest absolute Gasteiger partial charge is 0.243 e. The Kier molecular flexibility index (Phi) is 7.14. The van der Waals surface area contributed by atoms with E-state index in [1.165, 1.54) is 19.2 Å². The van der Waals surface area contributed by atoms with Gasteiger partial charge in [0.25, 0.3) is 0 Å². The van der Waals surface area contributed by atoms with Crippen LogP contribution in [0.15, 0.2) is 82.2 Å². The van der Waals surface area contributed by atoms with Gasteiger partial charge in [0.05, 0.1) is 17.1 Å². The lowest BCUT2D eigenvalue weighted by Crippen LogP contribution is -2.35. The Morgan fingerprint density at radius 1 is 1.07 bits per heavy atom. The van der Waals surface area contributed by atoms with Crippen molar-refractivity contribution in [3.8, 4) is 11.5 Å². The number of sulfonamides is 1. The van der Waals surface area contributed by atoms with Crippen molar-refractivity contribution in [3.05, 3.63) is 82.3 Å². The first-order chi connectivity index (χ1) is 14.3. The van der Waals surface area contributed by atoms with Crippen LogP contribution in [0.1, 0.15) is 0 Å². The summed E-state index contributed by atoms with van der Waals surface area (Å²) in [5.74, 6) is 0.445. The average Bonchev–Trinajstić information content (AvgIpc) is 2.71. The van der Waals surface area contributed by atoms with E-state index in [-0.39, 0.29) is 11.4 Å². The van der Waals surface area contributed by atoms with Crippen molar-refractivity contribution in [1.82, 2.24) is 4.31 Å². The molecule has 0 aromatic heterocycles. The molecule has 1 N–H and O–H groups in total. The van der Waals surface area contributed by atoms with Crippen LogP contribution in [0.3, 0.4) is 0 Å². The third-order valence-electron chi connectivity index (χ3n) is 4.07.